The number of aliphatic hydroxyl groups is 1. The van der Waals surface area contributed by atoms with E-state index in [0.29, 0.717) is 5.69 Å². The van der Waals surface area contributed by atoms with Crippen molar-refractivity contribution in [3.63, 3.8) is 0 Å². The van der Waals surface area contributed by atoms with Crippen molar-refractivity contribution in [2.75, 3.05) is 11.9 Å². The first-order valence-corrected chi connectivity index (χ1v) is 8.24. The number of anilines is 1. The predicted octanol–water partition coefficient (Wildman–Crippen LogP) is 3.06. The van der Waals surface area contributed by atoms with Crippen LogP contribution in [0.2, 0.25) is 0 Å². The number of aliphatic hydroxyl groups excluding tert-OH is 1. The van der Waals surface area contributed by atoms with Crippen LogP contribution in [0, 0.1) is 0 Å². The molecule has 0 saturated carbocycles. The normalized spacial score (nSPS) is 12.3. The number of hydrogen-bond donors (Lipinski definition) is 3. The number of nitrogens with one attached hydrogen (secondary N) is 2. The van der Waals surface area contributed by atoms with Crippen molar-refractivity contribution in [1.82, 2.24) is 5.32 Å². The molecule has 2 amide bonds. The van der Waals surface area contributed by atoms with Crippen LogP contribution >= 0.6 is 0 Å². The van der Waals surface area contributed by atoms with Crippen molar-refractivity contribution >= 4 is 17.5 Å². The first-order chi connectivity index (χ1) is 12.7. The Balaban J connectivity index is 1.87. The van der Waals surface area contributed by atoms with Gasteiger partial charge in [0, 0.05) is 12.2 Å². The molecule has 2 aromatic rings. The molecular weight excluding hydrogens is 361 g/mol. The molecule has 0 saturated heterocycles. The highest BCUT2D eigenvalue weighted by Gasteiger charge is 2.30. The third kappa shape index (κ3) is 5.82. The number of halogens is 3. The lowest BCUT2D eigenvalue weighted by molar-refractivity contribution is -0.137. The van der Waals surface area contributed by atoms with Crippen LogP contribution in [0.5, 0.6) is 0 Å². The van der Waals surface area contributed by atoms with E-state index in [9.17, 15) is 27.9 Å². The molecule has 0 aliphatic carbocycles. The number of amides is 2. The summed E-state index contributed by atoms with van der Waals surface area (Å²) in [5.74, 6) is -1.86. The van der Waals surface area contributed by atoms with Gasteiger partial charge in [-0.15, -0.1) is 0 Å². The molecule has 1 unspecified atom stereocenters. The van der Waals surface area contributed by atoms with E-state index in [-0.39, 0.29) is 12.1 Å². The number of alkyl halides is 3. The molecule has 2 rings (SSSR count). The molecule has 0 aliphatic rings. The van der Waals surface area contributed by atoms with E-state index in [4.69, 9.17) is 0 Å². The standard InChI is InChI=1S/C19H19F3N2O3/c1-2-12-3-9-15(10-4-12)24-18(27)17(26)23-11-16(25)13-5-7-14(8-6-13)19(20,21)22/h3-10,16,25H,2,11H2,1H3,(H,23,26)(H,24,27). The van der Waals surface area contributed by atoms with Crippen molar-refractivity contribution in [3.05, 3.63) is 65.2 Å². The maximum atomic E-state index is 12.5. The van der Waals surface area contributed by atoms with Gasteiger partial charge in [-0.25, -0.2) is 0 Å². The largest absolute Gasteiger partial charge is 0.416 e. The molecular formula is C19H19F3N2O3. The fourth-order valence-electron chi connectivity index (χ4n) is 2.29. The molecule has 1 atom stereocenters. The number of benzene rings is 2. The molecule has 27 heavy (non-hydrogen) atoms. The number of aryl methyl sites for hydroxylation is 1. The zero-order valence-electron chi connectivity index (χ0n) is 14.5. The van der Waals surface area contributed by atoms with Gasteiger partial charge in [-0.05, 0) is 41.8 Å². The molecule has 0 radical (unpaired) electrons. The molecule has 5 nitrogen and oxygen atoms in total. The number of hydrogen-bond acceptors (Lipinski definition) is 3. The van der Waals surface area contributed by atoms with Crippen molar-refractivity contribution in [1.29, 1.82) is 0 Å². The third-order valence-corrected chi connectivity index (χ3v) is 3.91. The van der Waals surface area contributed by atoms with Crippen LogP contribution in [0.4, 0.5) is 18.9 Å². The van der Waals surface area contributed by atoms with E-state index in [1.54, 1.807) is 12.1 Å². The maximum absolute atomic E-state index is 12.5. The molecule has 0 fully saturated rings. The fraction of sp³-hybridized carbons (Fsp3) is 0.263. The maximum Gasteiger partial charge on any atom is 0.416 e. The summed E-state index contributed by atoms with van der Waals surface area (Å²) >= 11 is 0. The molecule has 144 valence electrons. The predicted molar refractivity (Wildman–Crippen MR) is 93.9 cm³/mol. The van der Waals surface area contributed by atoms with Crippen molar-refractivity contribution in [2.45, 2.75) is 25.6 Å². The molecule has 8 heteroatoms. The van der Waals surface area contributed by atoms with Crippen molar-refractivity contribution in [2.24, 2.45) is 0 Å². The van der Waals surface area contributed by atoms with Gasteiger partial charge in [-0.2, -0.15) is 13.2 Å². The van der Waals surface area contributed by atoms with Crippen LogP contribution in [-0.2, 0) is 22.2 Å². The Kier molecular flexibility index (Phi) is 6.57. The Morgan fingerprint density at radius 1 is 1.00 bits per heavy atom. The number of rotatable bonds is 5. The van der Waals surface area contributed by atoms with E-state index in [2.05, 4.69) is 10.6 Å². The minimum atomic E-state index is -4.47. The first kappa shape index (κ1) is 20.4. The van der Waals surface area contributed by atoms with Gasteiger partial charge in [0.15, 0.2) is 0 Å². The van der Waals surface area contributed by atoms with Crippen LogP contribution in [0.15, 0.2) is 48.5 Å². The zero-order valence-corrected chi connectivity index (χ0v) is 14.5. The Hall–Kier alpha value is -2.87. The summed E-state index contributed by atoms with van der Waals surface area (Å²) in [4.78, 5) is 23.7. The van der Waals surface area contributed by atoms with Crippen molar-refractivity contribution in [3.8, 4) is 0 Å². The summed E-state index contributed by atoms with van der Waals surface area (Å²) in [6, 6.07) is 10.9. The minimum Gasteiger partial charge on any atom is -0.387 e. The molecule has 3 N–H and O–H groups in total. The van der Waals surface area contributed by atoms with Gasteiger partial charge in [-0.1, -0.05) is 31.2 Å². The average Bonchev–Trinajstić information content (AvgIpc) is 2.65. The second-order valence-electron chi connectivity index (χ2n) is 5.85. The zero-order chi connectivity index (χ0) is 20.0. The van der Waals surface area contributed by atoms with E-state index >= 15 is 0 Å². The Bertz CT molecular complexity index is 787. The smallest absolute Gasteiger partial charge is 0.387 e. The second-order valence-corrected chi connectivity index (χ2v) is 5.85. The first-order valence-electron chi connectivity index (χ1n) is 8.24. The molecule has 0 heterocycles. The summed E-state index contributed by atoms with van der Waals surface area (Å²) in [6.45, 7) is 1.68. The van der Waals surface area contributed by atoms with Gasteiger partial charge in [0.05, 0.1) is 11.7 Å². The van der Waals surface area contributed by atoms with E-state index < -0.39 is 29.7 Å². The van der Waals surface area contributed by atoms with E-state index in [0.717, 1.165) is 36.2 Å². The Morgan fingerprint density at radius 3 is 2.11 bits per heavy atom. The van der Waals surface area contributed by atoms with Crippen LogP contribution in [-0.4, -0.2) is 23.5 Å². The van der Waals surface area contributed by atoms with Crippen molar-refractivity contribution < 1.29 is 27.9 Å². The third-order valence-electron chi connectivity index (χ3n) is 3.91. The summed E-state index contributed by atoms with van der Waals surface area (Å²) in [6.07, 6.45) is -4.87. The fourth-order valence-corrected chi connectivity index (χ4v) is 2.29. The molecule has 0 bridgehead atoms. The average molecular weight is 380 g/mol. The van der Waals surface area contributed by atoms with Gasteiger partial charge in [-0.3, -0.25) is 9.59 Å². The highest BCUT2D eigenvalue weighted by atomic mass is 19.4. The van der Waals surface area contributed by atoms with Crippen LogP contribution in [0.25, 0.3) is 0 Å². The molecule has 0 aromatic heterocycles. The summed E-state index contributed by atoms with van der Waals surface area (Å²) < 4.78 is 37.6. The highest BCUT2D eigenvalue weighted by molar-refractivity contribution is 6.39. The topological polar surface area (TPSA) is 78.4 Å². The lowest BCUT2D eigenvalue weighted by Gasteiger charge is -2.13. The Morgan fingerprint density at radius 2 is 1.59 bits per heavy atom. The molecule has 0 aliphatic heterocycles. The van der Waals surface area contributed by atoms with Gasteiger partial charge >= 0.3 is 18.0 Å². The van der Waals surface area contributed by atoms with Gasteiger partial charge in [0.1, 0.15) is 0 Å². The van der Waals surface area contributed by atoms with Crippen LogP contribution in [0.3, 0.4) is 0 Å². The monoisotopic (exact) mass is 380 g/mol. The van der Waals surface area contributed by atoms with Crippen LogP contribution in [0.1, 0.15) is 29.7 Å². The minimum absolute atomic E-state index is 0.193. The molecule has 2 aromatic carbocycles. The quantitative estimate of drug-likeness (QED) is 0.698. The van der Waals surface area contributed by atoms with Crippen LogP contribution < -0.4 is 10.6 Å². The molecule has 0 spiro atoms. The van der Waals surface area contributed by atoms with E-state index in [1.165, 1.54) is 0 Å². The second kappa shape index (κ2) is 8.68. The summed E-state index contributed by atoms with van der Waals surface area (Å²) in [5, 5.41) is 14.6. The number of carbonyl (C=O) groups is 2. The van der Waals surface area contributed by atoms with Gasteiger partial charge < -0.3 is 15.7 Å². The summed E-state index contributed by atoms with van der Waals surface area (Å²) in [7, 11) is 0. The highest BCUT2D eigenvalue weighted by Crippen LogP contribution is 2.29. The summed E-state index contributed by atoms with van der Waals surface area (Å²) in [5.41, 5.74) is 0.891. The Labute approximate surface area is 154 Å². The van der Waals surface area contributed by atoms with Gasteiger partial charge in [0.25, 0.3) is 0 Å². The SMILES string of the molecule is CCc1ccc(NC(=O)C(=O)NCC(O)c2ccc(C(F)(F)F)cc2)cc1. The van der Waals surface area contributed by atoms with E-state index in [1.807, 2.05) is 19.1 Å². The van der Waals surface area contributed by atoms with Gasteiger partial charge in [0.2, 0.25) is 0 Å². The lowest BCUT2D eigenvalue weighted by atomic mass is 10.1. The lowest BCUT2D eigenvalue weighted by Crippen LogP contribution is -2.37. The number of carbonyl (C=O) groups excluding carboxylic acids is 2.